The van der Waals surface area contributed by atoms with Crippen LogP contribution >= 0.6 is 0 Å². The standard InChI is InChI=1S/C26H20FN5O2/c1-17-11-13-21(14-12-17)32-26(29-23(30-32)25(33)34-2)31-16-22(19-9-6-10-20(27)15-19)28-24(31)18-7-4-3-5-8-18/h3-16H,1-2H3. The molecular weight excluding hydrogens is 433 g/mol. The van der Waals surface area contributed by atoms with Crippen LogP contribution in [0.5, 0.6) is 0 Å². The van der Waals surface area contributed by atoms with Gasteiger partial charge in [0.2, 0.25) is 5.95 Å². The lowest BCUT2D eigenvalue weighted by molar-refractivity contribution is 0.0587. The Morgan fingerprint density at radius 2 is 1.65 bits per heavy atom. The van der Waals surface area contributed by atoms with Gasteiger partial charge in [-0.05, 0) is 31.2 Å². The Hall–Kier alpha value is -4.59. The zero-order valence-corrected chi connectivity index (χ0v) is 18.5. The average Bonchev–Trinajstić information content (AvgIpc) is 3.50. The number of carbonyl (C=O) groups excluding carboxylic acids is 1. The first-order valence-electron chi connectivity index (χ1n) is 10.6. The van der Waals surface area contributed by atoms with Crippen molar-refractivity contribution in [2.45, 2.75) is 6.92 Å². The van der Waals surface area contributed by atoms with E-state index >= 15 is 0 Å². The second-order valence-electron chi connectivity index (χ2n) is 7.67. The molecule has 34 heavy (non-hydrogen) atoms. The van der Waals surface area contributed by atoms with E-state index in [9.17, 15) is 9.18 Å². The number of ether oxygens (including phenoxy) is 1. The maximum absolute atomic E-state index is 13.9. The van der Waals surface area contributed by atoms with Gasteiger partial charge in [0.05, 0.1) is 18.5 Å². The van der Waals surface area contributed by atoms with E-state index in [4.69, 9.17) is 9.72 Å². The van der Waals surface area contributed by atoms with Crippen molar-refractivity contribution < 1.29 is 13.9 Å². The van der Waals surface area contributed by atoms with Crippen molar-refractivity contribution in [1.29, 1.82) is 0 Å². The van der Waals surface area contributed by atoms with Crippen molar-refractivity contribution in [1.82, 2.24) is 24.3 Å². The number of esters is 1. The second kappa shape index (κ2) is 8.74. The topological polar surface area (TPSA) is 74.8 Å². The molecule has 3 aromatic carbocycles. The number of hydrogen-bond acceptors (Lipinski definition) is 5. The molecule has 8 heteroatoms. The smallest absolute Gasteiger partial charge is 0.378 e. The summed E-state index contributed by atoms with van der Waals surface area (Å²) >= 11 is 0. The fourth-order valence-corrected chi connectivity index (χ4v) is 3.61. The van der Waals surface area contributed by atoms with Gasteiger partial charge in [0.15, 0.2) is 0 Å². The molecule has 0 unspecified atom stereocenters. The van der Waals surface area contributed by atoms with Crippen LogP contribution in [0.25, 0.3) is 34.3 Å². The summed E-state index contributed by atoms with van der Waals surface area (Å²) in [4.78, 5) is 21.6. The molecule has 2 aromatic heterocycles. The Bertz CT molecular complexity index is 1470. The number of methoxy groups -OCH3 is 1. The molecule has 5 aromatic rings. The van der Waals surface area contributed by atoms with E-state index in [1.54, 1.807) is 27.6 Å². The van der Waals surface area contributed by atoms with Gasteiger partial charge in [-0.25, -0.2) is 14.2 Å². The monoisotopic (exact) mass is 453 g/mol. The molecule has 2 heterocycles. The van der Waals surface area contributed by atoms with Gasteiger partial charge in [0.25, 0.3) is 5.82 Å². The molecule has 7 nitrogen and oxygen atoms in total. The Morgan fingerprint density at radius 3 is 2.35 bits per heavy atom. The number of halogens is 1. The van der Waals surface area contributed by atoms with Crippen molar-refractivity contribution >= 4 is 5.97 Å². The highest BCUT2D eigenvalue weighted by molar-refractivity contribution is 5.85. The van der Waals surface area contributed by atoms with Gasteiger partial charge in [-0.1, -0.05) is 60.2 Å². The fraction of sp³-hybridized carbons (Fsp3) is 0.0769. The van der Waals surface area contributed by atoms with E-state index < -0.39 is 5.97 Å². The summed E-state index contributed by atoms with van der Waals surface area (Å²) in [6.07, 6.45) is 1.76. The van der Waals surface area contributed by atoms with Crippen LogP contribution in [0.3, 0.4) is 0 Å². The highest BCUT2D eigenvalue weighted by Crippen LogP contribution is 2.28. The number of rotatable bonds is 5. The van der Waals surface area contributed by atoms with Crippen LogP contribution in [0.15, 0.2) is 85.1 Å². The number of hydrogen-bond donors (Lipinski definition) is 0. The molecule has 0 bridgehead atoms. The summed E-state index contributed by atoms with van der Waals surface area (Å²) in [5.41, 5.74) is 3.79. The van der Waals surface area contributed by atoms with Crippen molar-refractivity contribution in [3.05, 3.63) is 102 Å². The van der Waals surface area contributed by atoms with E-state index in [1.807, 2.05) is 61.5 Å². The van der Waals surface area contributed by atoms with Gasteiger partial charge in [0, 0.05) is 17.3 Å². The van der Waals surface area contributed by atoms with E-state index in [-0.39, 0.29) is 11.6 Å². The number of carbonyl (C=O) groups is 1. The van der Waals surface area contributed by atoms with Gasteiger partial charge in [-0.15, -0.1) is 5.10 Å². The summed E-state index contributed by atoms with van der Waals surface area (Å²) < 4.78 is 22.1. The van der Waals surface area contributed by atoms with Crippen LogP contribution in [0.2, 0.25) is 0 Å². The third-order valence-corrected chi connectivity index (χ3v) is 5.31. The predicted octanol–water partition coefficient (Wildman–Crippen LogP) is 5.02. The van der Waals surface area contributed by atoms with Crippen LogP contribution in [0, 0.1) is 12.7 Å². The second-order valence-corrected chi connectivity index (χ2v) is 7.67. The predicted molar refractivity (Wildman–Crippen MR) is 125 cm³/mol. The first-order chi connectivity index (χ1) is 16.5. The van der Waals surface area contributed by atoms with Gasteiger partial charge >= 0.3 is 5.97 Å². The van der Waals surface area contributed by atoms with Crippen LogP contribution in [-0.4, -0.2) is 37.4 Å². The molecule has 0 amide bonds. The molecular formula is C26H20FN5O2. The SMILES string of the molecule is COC(=O)c1nc(-n2cc(-c3cccc(F)c3)nc2-c2ccccc2)n(-c2ccc(C)cc2)n1. The molecule has 0 radical (unpaired) electrons. The van der Waals surface area contributed by atoms with E-state index in [0.29, 0.717) is 28.7 Å². The first kappa shape index (κ1) is 21.3. The minimum Gasteiger partial charge on any atom is -0.463 e. The molecule has 0 aliphatic heterocycles. The van der Waals surface area contributed by atoms with Crippen molar-refractivity contribution in [3.63, 3.8) is 0 Å². The van der Waals surface area contributed by atoms with Gasteiger partial charge in [-0.2, -0.15) is 9.67 Å². The molecule has 0 fully saturated rings. The fourth-order valence-electron chi connectivity index (χ4n) is 3.61. The molecule has 0 spiro atoms. The van der Waals surface area contributed by atoms with Crippen LogP contribution < -0.4 is 0 Å². The molecule has 168 valence electrons. The number of benzene rings is 3. The molecule has 5 rings (SSSR count). The van der Waals surface area contributed by atoms with Crippen LogP contribution in [-0.2, 0) is 4.74 Å². The molecule has 0 saturated heterocycles. The quantitative estimate of drug-likeness (QED) is 0.349. The van der Waals surface area contributed by atoms with Gasteiger partial charge in [0.1, 0.15) is 11.6 Å². The minimum atomic E-state index is -0.654. The lowest BCUT2D eigenvalue weighted by Crippen LogP contribution is -2.07. The molecule has 0 saturated carbocycles. The Balaban J connectivity index is 1.76. The van der Waals surface area contributed by atoms with Gasteiger partial charge in [-0.3, -0.25) is 4.57 Å². The maximum Gasteiger partial charge on any atom is 0.378 e. The van der Waals surface area contributed by atoms with Crippen LogP contribution in [0.4, 0.5) is 4.39 Å². The molecule has 0 aliphatic rings. The Kier molecular flexibility index (Phi) is 5.47. The molecule has 0 N–H and O–H groups in total. The first-order valence-corrected chi connectivity index (χ1v) is 10.6. The third-order valence-electron chi connectivity index (χ3n) is 5.31. The minimum absolute atomic E-state index is 0.0851. The Labute approximate surface area is 195 Å². The van der Waals surface area contributed by atoms with Crippen LogP contribution in [0.1, 0.15) is 16.2 Å². The summed E-state index contributed by atoms with van der Waals surface area (Å²) in [6.45, 7) is 1.99. The summed E-state index contributed by atoms with van der Waals surface area (Å²) in [5, 5.41) is 4.41. The lowest BCUT2D eigenvalue weighted by atomic mass is 10.2. The highest BCUT2D eigenvalue weighted by Gasteiger charge is 2.23. The maximum atomic E-state index is 13.9. The number of aryl methyl sites for hydroxylation is 1. The highest BCUT2D eigenvalue weighted by atomic mass is 19.1. The average molecular weight is 453 g/mol. The third kappa shape index (κ3) is 3.97. The zero-order valence-electron chi connectivity index (χ0n) is 18.5. The molecule has 0 atom stereocenters. The molecule has 0 aliphatic carbocycles. The van der Waals surface area contributed by atoms with Gasteiger partial charge < -0.3 is 4.74 Å². The van der Waals surface area contributed by atoms with E-state index in [2.05, 4.69) is 10.1 Å². The van der Waals surface area contributed by atoms with Crippen molar-refractivity contribution in [2.24, 2.45) is 0 Å². The number of imidazole rings is 1. The van der Waals surface area contributed by atoms with Crippen molar-refractivity contribution in [3.8, 4) is 34.3 Å². The van der Waals surface area contributed by atoms with E-state index in [0.717, 1.165) is 11.1 Å². The van der Waals surface area contributed by atoms with E-state index in [1.165, 1.54) is 19.2 Å². The zero-order chi connectivity index (χ0) is 23.7. The number of aromatic nitrogens is 5. The lowest BCUT2D eigenvalue weighted by Gasteiger charge is -2.09. The van der Waals surface area contributed by atoms with Crippen molar-refractivity contribution in [2.75, 3.05) is 7.11 Å². The summed E-state index contributed by atoms with van der Waals surface area (Å²) in [7, 11) is 1.28. The summed E-state index contributed by atoms with van der Waals surface area (Å²) in [6, 6.07) is 23.5. The number of nitrogens with zero attached hydrogens (tertiary/aromatic N) is 5. The largest absolute Gasteiger partial charge is 0.463 e. The summed E-state index contributed by atoms with van der Waals surface area (Å²) in [5.74, 6) is -0.184. The Morgan fingerprint density at radius 1 is 0.912 bits per heavy atom. The normalized spacial score (nSPS) is 10.9.